The predicted molar refractivity (Wildman–Crippen MR) is 103 cm³/mol. The number of hydrogen-bond acceptors (Lipinski definition) is 3. The normalized spacial score (nSPS) is 10.2. The van der Waals surface area contributed by atoms with Gasteiger partial charge in [0.05, 0.1) is 6.33 Å². The van der Waals surface area contributed by atoms with E-state index in [0.717, 1.165) is 31.8 Å². The summed E-state index contributed by atoms with van der Waals surface area (Å²) in [5.41, 5.74) is 2.37. The van der Waals surface area contributed by atoms with Crippen molar-refractivity contribution in [1.82, 2.24) is 14.9 Å². The summed E-state index contributed by atoms with van der Waals surface area (Å²) in [6.45, 7) is 3.36. The van der Waals surface area contributed by atoms with Gasteiger partial charge in [0.2, 0.25) is 0 Å². The largest absolute Gasteiger partial charge is 0.489 e. The molecule has 0 spiro atoms. The van der Waals surface area contributed by atoms with Crippen LogP contribution in [0.5, 0.6) is 5.75 Å². The maximum absolute atomic E-state index is 5.99. The number of aryl methyl sites for hydroxylation is 1. The van der Waals surface area contributed by atoms with Crippen LogP contribution in [0, 0.1) is 0 Å². The fourth-order valence-corrected chi connectivity index (χ4v) is 2.55. The zero-order valence-electron chi connectivity index (χ0n) is 14.2. The summed E-state index contributed by atoms with van der Waals surface area (Å²) in [6, 6.07) is 18.5. The van der Waals surface area contributed by atoms with Gasteiger partial charge < -0.3 is 14.6 Å². The van der Waals surface area contributed by atoms with Crippen LogP contribution in [0.1, 0.15) is 17.5 Å². The number of imidazole rings is 1. The highest BCUT2D eigenvalue weighted by Crippen LogP contribution is 2.19. The molecule has 2 aromatic carbocycles. The minimum Gasteiger partial charge on any atom is -0.489 e. The van der Waals surface area contributed by atoms with Crippen LogP contribution < -0.4 is 10.1 Å². The molecule has 0 aliphatic heterocycles. The second kappa shape index (κ2) is 10.5. The summed E-state index contributed by atoms with van der Waals surface area (Å²) < 4.78 is 8.08. The summed E-state index contributed by atoms with van der Waals surface area (Å²) >= 11 is 0. The Morgan fingerprint density at radius 1 is 1.00 bits per heavy atom. The van der Waals surface area contributed by atoms with Gasteiger partial charge in [0, 0.05) is 31.0 Å². The molecule has 0 saturated heterocycles. The van der Waals surface area contributed by atoms with Crippen molar-refractivity contribution in [2.24, 2.45) is 0 Å². The number of para-hydroxylation sites is 1. The molecule has 0 radical (unpaired) electrons. The van der Waals surface area contributed by atoms with E-state index in [-0.39, 0.29) is 12.4 Å². The van der Waals surface area contributed by atoms with Gasteiger partial charge in [-0.1, -0.05) is 48.5 Å². The van der Waals surface area contributed by atoms with Gasteiger partial charge in [-0.15, -0.1) is 12.4 Å². The number of benzene rings is 2. The van der Waals surface area contributed by atoms with Crippen molar-refractivity contribution in [2.75, 3.05) is 6.54 Å². The van der Waals surface area contributed by atoms with Crippen molar-refractivity contribution in [2.45, 2.75) is 26.1 Å². The van der Waals surface area contributed by atoms with E-state index >= 15 is 0 Å². The quantitative estimate of drug-likeness (QED) is 0.587. The smallest absolute Gasteiger partial charge is 0.124 e. The van der Waals surface area contributed by atoms with Crippen molar-refractivity contribution in [3.05, 3.63) is 84.4 Å². The fraction of sp³-hybridized carbons (Fsp3) is 0.250. The number of aromatic nitrogens is 2. The van der Waals surface area contributed by atoms with Crippen LogP contribution in [0.2, 0.25) is 0 Å². The molecule has 0 amide bonds. The highest BCUT2D eigenvalue weighted by Gasteiger charge is 2.03. The number of nitrogens with one attached hydrogen (secondary N) is 1. The van der Waals surface area contributed by atoms with Crippen molar-refractivity contribution in [3.8, 4) is 5.75 Å². The summed E-state index contributed by atoms with van der Waals surface area (Å²) in [7, 11) is 0. The summed E-state index contributed by atoms with van der Waals surface area (Å²) in [5.74, 6) is 0.948. The van der Waals surface area contributed by atoms with Crippen LogP contribution in [-0.4, -0.2) is 16.1 Å². The average molecular weight is 358 g/mol. The van der Waals surface area contributed by atoms with E-state index in [9.17, 15) is 0 Å². The molecule has 5 heteroatoms. The molecule has 25 heavy (non-hydrogen) atoms. The third-order valence-corrected chi connectivity index (χ3v) is 3.85. The first-order chi connectivity index (χ1) is 11.9. The monoisotopic (exact) mass is 357 g/mol. The Kier molecular flexibility index (Phi) is 8.02. The number of rotatable bonds is 9. The standard InChI is InChI=1S/C20H23N3O.ClH/c1-2-7-18(8-3-1)16-24-20-10-5-4-9-19(20)15-21-11-6-13-23-14-12-22-17-23;/h1-5,7-10,12,14,17,21H,6,11,13,15-16H2;1H. The van der Waals surface area contributed by atoms with E-state index in [2.05, 4.69) is 39.1 Å². The number of nitrogens with zero attached hydrogens (tertiary/aromatic N) is 2. The van der Waals surface area contributed by atoms with Crippen LogP contribution in [0.4, 0.5) is 0 Å². The maximum atomic E-state index is 5.99. The van der Waals surface area contributed by atoms with E-state index < -0.39 is 0 Å². The van der Waals surface area contributed by atoms with Gasteiger partial charge in [-0.25, -0.2) is 4.98 Å². The Labute approximate surface area is 155 Å². The van der Waals surface area contributed by atoms with E-state index in [1.165, 1.54) is 11.1 Å². The topological polar surface area (TPSA) is 39.1 Å². The number of halogens is 1. The van der Waals surface area contributed by atoms with Gasteiger partial charge in [-0.05, 0) is 24.6 Å². The van der Waals surface area contributed by atoms with Crippen molar-refractivity contribution >= 4 is 12.4 Å². The van der Waals surface area contributed by atoms with Crippen LogP contribution in [0.15, 0.2) is 73.3 Å². The van der Waals surface area contributed by atoms with E-state index in [1.807, 2.05) is 49.1 Å². The minimum atomic E-state index is 0. The highest BCUT2D eigenvalue weighted by atomic mass is 35.5. The molecule has 0 aliphatic carbocycles. The van der Waals surface area contributed by atoms with E-state index in [0.29, 0.717) is 6.61 Å². The third-order valence-electron chi connectivity index (χ3n) is 3.85. The second-order valence-electron chi connectivity index (χ2n) is 5.71. The lowest BCUT2D eigenvalue weighted by Crippen LogP contribution is -2.17. The zero-order chi connectivity index (χ0) is 16.5. The Morgan fingerprint density at radius 3 is 2.60 bits per heavy atom. The molecule has 3 rings (SSSR count). The van der Waals surface area contributed by atoms with Crippen LogP contribution in [0.25, 0.3) is 0 Å². The molecule has 3 aromatic rings. The minimum absolute atomic E-state index is 0. The first-order valence-corrected chi connectivity index (χ1v) is 8.33. The van der Waals surface area contributed by atoms with Crippen LogP contribution in [0.3, 0.4) is 0 Å². The molecule has 0 atom stereocenters. The fourth-order valence-electron chi connectivity index (χ4n) is 2.55. The molecule has 0 aliphatic rings. The van der Waals surface area contributed by atoms with Gasteiger partial charge >= 0.3 is 0 Å². The molecular weight excluding hydrogens is 334 g/mol. The van der Waals surface area contributed by atoms with E-state index in [1.54, 1.807) is 0 Å². The summed E-state index contributed by atoms with van der Waals surface area (Å²) in [5, 5.41) is 3.49. The number of ether oxygens (including phenoxy) is 1. The lowest BCUT2D eigenvalue weighted by atomic mass is 10.2. The predicted octanol–water partition coefficient (Wildman–Crippen LogP) is 4.06. The Bertz CT molecular complexity index is 717. The van der Waals surface area contributed by atoms with Gasteiger partial charge in [-0.2, -0.15) is 0 Å². The molecule has 1 heterocycles. The van der Waals surface area contributed by atoms with Crippen molar-refractivity contribution in [1.29, 1.82) is 0 Å². The summed E-state index contributed by atoms with van der Waals surface area (Å²) in [4.78, 5) is 4.05. The Balaban J connectivity index is 0.00000225. The van der Waals surface area contributed by atoms with Gasteiger partial charge in [0.15, 0.2) is 0 Å². The average Bonchev–Trinajstić information content (AvgIpc) is 3.15. The lowest BCUT2D eigenvalue weighted by molar-refractivity contribution is 0.302. The molecule has 4 nitrogen and oxygen atoms in total. The third kappa shape index (κ3) is 6.25. The molecule has 1 aromatic heterocycles. The first-order valence-electron chi connectivity index (χ1n) is 8.33. The van der Waals surface area contributed by atoms with Gasteiger partial charge in [0.25, 0.3) is 0 Å². The molecule has 0 unspecified atom stereocenters. The van der Waals surface area contributed by atoms with E-state index in [4.69, 9.17) is 4.74 Å². The lowest BCUT2D eigenvalue weighted by Gasteiger charge is -2.12. The maximum Gasteiger partial charge on any atom is 0.124 e. The zero-order valence-corrected chi connectivity index (χ0v) is 15.0. The first kappa shape index (κ1) is 19.0. The molecule has 132 valence electrons. The molecule has 0 bridgehead atoms. The van der Waals surface area contributed by atoms with Crippen LogP contribution >= 0.6 is 12.4 Å². The highest BCUT2D eigenvalue weighted by molar-refractivity contribution is 5.85. The Hall–Kier alpha value is -2.30. The summed E-state index contributed by atoms with van der Waals surface area (Å²) in [6.07, 6.45) is 6.73. The molecule has 0 fully saturated rings. The second-order valence-corrected chi connectivity index (χ2v) is 5.71. The van der Waals surface area contributed by atoms with Crippen molar-refractivity contribution < 1.29 is 4.74 Å². The SMILES string of the molecule is Cl.c1ccc(COc2ccccc2CNCCCn2ccnc2)cc1. The number of hydrogen-bond donors (Lipinski definition) is 1. The van der Waals surface area contributed by atoms with Gasteiger partial charge in [-0.3, -0.25) is 0 Å². The molecular formula is C20H24ClN3O. The van der Waals surface area contributed by atoms with Gasteiger partial charge in [0.1, 0.15) is 12.4 Å². The molecule has 1 N–H and O–H groups in total. The Morgan fingerprint density at radius 2 is 1.80 bits per heavy atom. The van der Waals surface area contributed by atoms with Crippen molar-refractivity contribution in [3.63, 3.8) is 0 Å². The van der Waals surface area contributed by atoms with Crippen LogP contribution in [-0.2, 0) is 19.7 Å². The molecule has 0 saturated carbocycles.